The summed E-state index contributed by atoms with van der Waals surface area (Å²) in [4.78, 5) is 27.4. The number of methoxy groups -OCH3 is 1. The molecule has 1 saturated heterocycles. The molecule has 1 unspecified atom stereocenters. The minimum atomic E-state index is -4.08. The molecule has 1 aliphatic rings. The van der Waals surface area contributed by atoms with Crippen molar-refractivity contribution in [3.63, 3.8) is 0 Å². The van der Waals surface area contributed by atoms with E-state index in [2.05, 4.69) is 15.9 Å². The van der Waals surface area contributed by atoms with Gasteiger partial charge >= 0.3 is 0 Å². The first-order valence-corrected chi connectivity index (χ1v) is 12.9. The van der Waals surface area contributed by atoms with Gasteiger partial charge in [-0.05, 0) is 60.5 Å². The topological polar surface area (TPSA) is 84.0 Å². The van der Waals surface area contributed by atoms with Gasteiger partial charge in [0.25, 0.3) is 5.91 Å². The molecule has 0 radical (unpaired) electrons. The molecular formula is C25H23BrN2O5S. The normalized spacial score (nSPS) is 16.3. The fourth-order valence-electron chi connectivity index (χ4n) is 3.91. The Bertz CT molecular complexity index is 1280. The molecule has 1 aliphatic heterocycles. The van der Waals surface area contributed by atoms with Gasteiger partial charge in [-0.15, -0.1) is 0 Å². The smallest absolute Gasteiger partial charge is 0.252 e. The van der Waals surface area contributed by atoms with Crippen LogP contribution in [0.3, 0.4) is 0 Å². The zero-order valence-corrected chi connectivity index (χ0v) is 20.8. The van der Waals surface area contributed by atoms with Crippen molar-refractivity contribution in [3.8, 4) is 5.75 Å². The van der Waals surface area contributed by atoms with E-state index in [1.165, 1.54) is 19.2 Å². The predicted octanol–water partition coefficient (Wildman–Crippen LogP) is 4.02. The lowest BCUT2D eigenvalue weighted by atomic mass is 10.1. The van der Waals surface area contributed by atoms with E-state index in [1.807, 2.05) is 30.3 Å². The fourth-order valence-corrected chi connectivity index (χ4v) is 5.76. The van der Waals surface area contributed by atoms with Crippen LogP contribution in [0.1, 0.15) is 12.0 Å². The fraction of sp³-hybridized carbons (Fsp3) is 0.200. The Hall–Kier alpha value is -3.01. The number of carbonyl (C=O) groups excluding carboxylic acids is 2. The zero-order valence-electron chi connectivity index (χ0n) is 18.4. The Morgan fingerprint density at radius 1 is 0.971 bits per heavy atom. The third kappa shape index (κ3) is 4.91. The number of ether oxygens (including phenoxy) is 1. The van der Waals surface area contributed by atoms with Gasteiger partial charge in [-0.2, -0.15) is 4.31 Å². The number of anilines is 1. The van der Waals surface area contributed by atoms with Crippen LogP contribution in [0.5, 0.6) is 5.75 Å². The van der Waals surface area contributed by atoms with Crippen LogP contribution in [0, 0.1) is 0 Å². The van der Waals surface area contributed by atoms with E-state index in [0.29, 0.717) is 17.9 Å². The molecule has 1 atom stereocenters. The van der Waals surface area contributed by atoms with E-state index in [4.69, 9.17) is 4.74 Å². The first-order chi connectivity index (χ1) is 16.3. The first-order valence-electron chi connectivity index (χ1n) is 10.6. The van der Waals surface area contributed by atoms with Crippen LogP contribution in [0.2, 0.25) is 0 Å². The van der Waals surface area contributed by atoms with Crippen molar-refractivity contribution >= 4 is 43.5 Å². The van der Waals surface area contributed by atoms with Crippen molar-refractivity contribution in [2.45, 2.75) is 23.8 Å². The van der Waals surface area contributed by atoms with Crippen LogP contribution in [-0.4, -0.2) is 44.2 Å². The van der Waals surface area contributed by atoms with Gasteiger partial charge in [-0.25, -0.2) is 13.3 Å². The summed E-state index contributed by atoms with van der Waals surface area (Å²) >= 11 is 3.34. The minimum Gasteiger partial charge on any atom is -0.497 e. The molecule has 0 N–H and O–H groups in total. The van der Waals surface area contributed by atoms with Crippen LogP contribution in [0.25, 0.3) is 0 Å². The maximum absolute atomic E-state index is 13.7. The van der Waals surface area contributed by atoms with E-state index in [9.17, 15) is 18.0 Å². The predicted molar refractivity (Wildman–Crippen MR) is 132 cm³/mol. The van der Waals surface area contributed by atoms with Crippen LogP contribution in [0.4, 0.5) is 5.69 Å². The molecule has 0 aliphatic carbocycles. The van der Waals surface area contributed by atoms with Gasteiger partial charge in [-0.3, -0.25) is 9.59 Å². The third-order valence-electron chi connectivity index (χ3n) is 5.68. The summed E-state index contributed by atoms with van der Waals surface area (Å²) in [5, 5.41) is 0. The second-order valence-corrected chi connectivity index (χ2v) is 10.6. The lowest BCUT2D eigenvalue weighted by Gasteiger charge is -2.27. The first kappa shape index (κ1) is 24.1. The van der Waals surface area contributed by atoms with Crippen molar-refractivity contribution in [1.29, 1.82) is 0 Å². The van der Waals surface area contributed by atoms with E-state index >= 15 is 0 Å². The number of amides is 2. The second kappa shape index (κ2) is 10.1. The van der Waals surface area contributed by atoms with Gasteiger partial charge in [0.1, 0.15) is 11.8 Å². The maximum Gasteiger partial charge on any atom is 0.252 e. The van der Waals surface area contributed by atoms with Gasteiger partial charge < -0.3 is 4.74 Å². The summed E-state index contributed by atoms with van der Waals surface area (Å²) in [6, 6.07) is 21.0. The highest BCUT2D eigenvalue weighted by atomic mass is 79.9. The number of hydrogen-bond donors (Lipinski definition) is 0. The quantitative estimate of drug-likeness (QED) is 0.401. The van der Waals surface area contributed by atoms with Crippen LogP contribution in [0.15, 0.2) is 88.2 Å². The Morgan fingerprint density at radius 3 is 2.24 bits per heavy atom. The number of sulfonamides is 1. The molecule has 3 aromatic rings. The van der Waals surface area contributed by atoms with Crippen molar-refractivity contribution in [2.75, 3.05) is 18.6 Å². The van der Waals surface area contributed by atoms with Crippen molar-refractivity contribution in [2.24, 2.45) is 0 Å². The monoisotopic (exact) mass is 542 g/mol. The molecule has 0 spiro atoms. The van der Waals surface area contributed by atoms with E-state index in [1.54, 1.807) is 36.4 Å². The largest absolute Gasteiger partial charge is 0.497 e. The van der Waals surface area contributed by atoms with Crippen LogP contribution >= 0.6 is 15.9 Å². The molecule has 4 rings (SSSR count). The third-order valence-corrected chi connectivity index (χ3v) is 8.14. The standard InChI is InChI=1S/C25H23BrN2O5S/c1-33-21-11-13-22(14-12-21)34(31,32)27(16-15-18-5-3-2-4-6-18)23-17-24(29)28(25(23)30)20-9-7-19(26)8-10-20/h2-14,23H,15-17H2,1H3. The number of benzene rings is 3. The summed E-state index contributed by atoms with van der Waals surface area (Å²) in [6.07, 6.45) is 0.172. The van der Waals surface area contributed by atoms with Gasteiger partial charge in [0, 0.05) is 11.0 Å². The Labute approximate surface area is 207 Å². The van der Waals surface area contributed by atoms with E-state index in [0.717, 1.165) is 19.2 Å². The molecule has 34 heavy (non-hydrogen) atoms. The molecule has 1 heterocycles. The van der Waals surface area contributed by atoms with Gasteiger partial charge in [0.15, 0.2) is 0 Å². The Morgan fingerprint density at radius 2 is 1.62 bits per heavy atom. The summed E-state index contributed by atoms with van der Waals surface area (Å²) in [5.74, 6) is -0.479. The SMILES string of the molecule is COc1ccc(S(=O)(=O)N(CCc2ccccc2)C2CC(=O)N(c3ccc(Br)cc3)C2=O)cc1. The lowest BCUT2D eigenvalue weighted by Crippen LogP contribution is -2.46. The molecule has 7 nitrogen and oxygen atoms in total. The highest BCUT2D eigenvalue weighted by molar-refractivity contribution is 9.10. The molecule has 0 bridgehead atoms. The molecule has 0 saturated carbocycles. The van der Waals surface area contributed by atoms with Crippen molar-refractivity contribution in [3.05, 3.63) is 88.9 Å². The van der Waals surface area contributed by atoms with Crippen molar-refractivity contribution < 1.29 is 22.7 Å². The van der Waals surface area contributed by atoms with Gasteiger partial charge in [-0.1, -0.05) is 46.3 Å². The summed E-state index contributed by atoms with van der Waals surface area (Å²) in [6.45, 7) is 0.0518. The molecule has 1 fully saturated rings. The molecule has 2 amide bonds. The summed E-state index contributed by atoms with van der Waals surface area (Å²) in [7, 11) is -2.58. The van der Waals surface area contributed by atoms with Gasteiger partial charge in [0.05, 0.1) is 24.1 Å². The summed E-state index contributed by atoms with van der Waals surface area (Å²) in [5.41, 5.74) is 1.34. The highest BCUT2D eigenvalue weighted by Gasteiger charge is 2.46. The number of halogens is 1. The number of imide groups is 1. The number of nitrogens with zero attached hydrogens (tertiary/aromatic N) is 2. The van der Waals surface area contributed by atoms with Crippen LogP contribution in [-0.2, 0) is 26.0 Å². The average molecular weight is 543 g/mol. The Kier molecular flexibility index (Phi) is 7.16. The average Bonchev–Trinajstić information content (AvgIpc) is 3.13. The van der Waals surface area contributed by atoms with E-state index < -0.39 is 27.9 Å². The zero-order chi connectivity index (χ0) is 24.3. The van der Waals surface area contributed by atoms with Gasteiger partial charge in [0.2, 0.25) is 15.9 Å². The summed E-state index contributed by atoms with van der Waals surface area (Å²) < 4.78 is 34.4. The molecule has 0 aromatic heterocycles. The number of carbonyl (C=O) groups is 2. The minimum absolute atomic E-state index is 0.0312. The molecule has 3 aromatic carbocycles. The lowest BCUT2D eigenvalue weighted by molar-refractivity contribution is -0.122. The van der Waals surface area contributed by atoms with Crippen LogP contribution < -0.4 is 9.64 Å². The highest BCUT2D eigenvalue weighted by Crippen LogP contribution is 2.30. The Balaban J connectivity index is 1.69. The molecule has 9 heteroatoms. The second-order valence-electron chi connectivity index (χ2n) is 7.79. The van der Waals surface area contributed by atoms with Crippen molar-refractivity contribution in [1.82, 2.24) is 4.31 Å². The molecule has 176 valence electrons. The maximum atomic E-state index is 13.7. The van der Waals surface area contributed by atoms with E-state index in [-0.39, 0.29) is 17.9 Å². The number of rotatable bonds is 8. The molecular weight excluding hydrogens is 520 g/mol. The number of hydrogen-bond acceptors (Lipinski definition) is 5.